The lowest BCUT2D eigenvalue weighted by molar-refractivity contribution is 0.175. The van der Waals surface area contributed by atoms with Crippen molar-refractivity contribution < 1.29 is 4.52 Å². The van der Waals surface area contributed by atoms with Gasteiger partial charge in [-0.1, -0.05) is 12.1 Å². The number of hydrogen-bond acceptors (Lipinski definition) is 3. The molecule has 0 radical (unpaired) electrons. The number of hydrogen-bond donors (Lipinski definition) is 0. The van der Waals surface area contributed by atoms with Gasteiger partial charge in [-0.25, -0.2) is 0 Å². The smallest absolute Gasteiger partial charge is 0.138 e. The molecule has 1 aliphatic rings. The first-order valence-corrected chi connectivity index (χ1v) is 5.81. The Morgan fingerprint density at radius 3 is 2.87 bits per heavy atom. The summed E-state index contributed by atoms with van der Waals surface area (Å²) in [5.41, 5.74) is 2.33. The van der Waals surface area contributed by atoms with Crippen molar-refractivity contribution >= 4 is 0 Å². The van der Waals surface area contributed by atoms with E-state index in [0.717, 1.165) is 23.9 Å². The molecular weight excluding hydrogens is 188 g/mol. The van der Waals surface area contributed by atoms with Gasteiger partial charge in [-0.15, -0.1) is 0 Å². The maximum Gasteiger partial charge on any atom is 0.138 e. The highest BCUT2D eigenvalue weighted by molar-refractivity contribution is 5.20. The molecule has 0 aliphatic carbocycles. The number of likely N-dealkylation sites (tertiary alicyclic amines) is 1. The molecule has 0 N–H and O–H groups in total. The average molecular weight is 208 g/mol. The third-order valence-corrected chi connectivity index (χ3v) is 3.30. The molecule has 0 amide bonds. The minimum absolute atomic E-state index is 0.833. The van der Waals surface area contributed by atoms with Gasteiger partial charge < -0.3 is 4.52 Å². The Morgan fingerprint density at radius 1 is 1.47 bits per heavy atom. The van der Waals surface area contributed by atoms with Crippen molar-refractivity contribution in [2.45, 2.75) is 40.2 Å². The molecule has 1 fully saturated rings. The highest BCUT2D eigenvalue weighted by atomic mass is 16.5. The van der Waals surface area contributed by atoms with Crippen LogP contribution >= 0.6 is 0 Å². The monoisotopic (exact) mass is 208 g/mol. The molecule has 2 heterocycles. The zero-order valence-corrected chi connectivity index (χ0v) is 9.92. The summed E-state index contributed by atoms with van der Waals surface area (Å²) in [6.45, 7) is 9.80. The topological polar surface area (TPSA) is 29.3 Å². The van der Waals surface area contributed by atoms with E-state index in [-0.39, 0.29) is 0 Å². The predicted octanol–water partition coefficient (Wildman–Crippen LogP) is 2.52. The zero-order valence-electron chi connectivity index (χ0n) is 9.92. The molecule has 1 aromatic heterocycles. The maximum atomic E-state index is 5.19. The first-order chi connectivity index (χ1) is 7.16. The lowest BCUT2D eigenvalue weighted by Crippen LogP contribution is -2.33. The minimum Gasteiger partial charge on any atom is -0.361 e. The van der Waals surface area contributed by atoms with E-state index in [1.165, 1.54) is 31.5 Å². The van der Waals surface area contributed by atoms with Crippen molar-refractivity contribution in [3.05, 3.63) is 17.0 Å². The first kappa shape index (κ1) is 10.7. The highest BCUT2D eigenvalue weighted by Gasteiger charge is 2.19. The molecular formula is C12H20N2O. The molecule has 0 aromatic carbocycles. The van der Waals surface area contributed by atoms with Crippen LogP contribution in [0.4, 0.5) is 0 Å². The first-order valence-electron chi connectivity index (χ1n) is 5.81. The SMILES string of the molecule is Cc1noc(C)c1CN1CCCC(C)C1. The molecule has 1 saturated heterocycles. The fourth-order valence-corrected chi connectivity index (χ4v) is 2.38. The van der Waals surface area contributed by atoms with E-state index in [1.54, 1.807) is 0 Å². The number of nitrogens with zero attached hydrogens (tertiary/aromatic N) is 2. The second kappa shape index (κ2) is 4.35. The van der Waals surface area contributed by atoms with Gasteiger partial charge in [0.1, 0.15) is 5.76 Å². The lowest BCUT2D eigenvalue weighted by atomic mass is 9.99. The van der Waals surface area contributed by atoms with Crippen LogP contribution in [0, 0.1) is 19.8 Å². The summed E-state index contributed by atoms with van der Waals surface area (Å²) in [5.74, 6) is 1.81. The number of aromatic nitrogens is 1. The van der Waals surface area contributed by atoms with Crippen molar-refractivity contribution in [1.29, 1.82) is 0 Å². The summed E-state index contributed by atoms with van der Waals surface area (Å²) in [7, 11) is 0. The van der Waals surface area contributed by atoms with Gasteiger partial charge in [0, 0.05) is 18.7 Å². The Bertz CT molecular complexity index is 313. The Morgan fingerprint density at radius 2 is 2.27 bits per heavy atom. The maximum absolute atomic E-state index is 5.19. The molecule has 3 heteroatoms. The summed E-state index contributed by atoms with van der Waals surface area (Å²) < 4.78 is 5.19. The van der Waals surface area contributed by atoms with Crippen LogP contribution < -0.4 is 0 Å². The summed E-state index contributed by atoms with van der Waals surface area (Å²) in [6.07, 6.45) is 2.70. The fourth-order valence-electron chi connectivity index (χ4n) is 2.38. The third kappa shape index (κ3) is 2.40. The molecule has 2 rings (SSSR count). The Labute approximate surface area is 91.4 Å². The van der Waals surface area contributed by atoms with Crippen LogP contribution in [-0.2, 0) is 6.54 Å². The van der Waals surface area contributed by atoms with Crippen LogP contribution in [0.15, 0.2) is 4.52 Å². The second-order valence-electron chi connectivity index (χ2n) is 4.79. The summed E-state index contributed by atoms with van der Waals surface area (Å²) in [6, 6.07) is 0. The normalized spacial score (nSPS) is 23.3. The van der Waals surface area contributed by atoms with Gasteiger partial charge in [0.25, 0.3) is 0 Å². The van der Waals surface area contributed by atoms with Gasteiger partial charge in [0.2, 0.25) is 0 Å². The summed E-state index contributed by atoms with van der Waals surface area (Å²) in [5, 5.41) is 4.00. The van der Waals surface area contributed by atoms with Gasteiger partial charge >= 0.3 is 0 Å². The van der Waals surface area contributed by atoms with E-state index in [4.69, 9.17) is 4.52 Å². The molecule has 0 spiro atoms. The minimum atomic E-state index is 0.833. The van der Waals surface area contributed by atoms with Crippen molar-refractivity contribution in [2.24, 2.45) is 5.92 Å². The van der Waals surface area contributed by atoms with E-state index >= 15 is 0 Å². The average Bonchev–Trinajstić information content (AvgIpc) is 2.50. The molecule has 0 bridgehead atoms. The summed E-state index contributed by atoms with van der Waals surface area (Å²) >= 11 is 0. The second-order valence-corrected chi connectivity index (χ2v) is 4.79. The zero-order chi connectivity index (χ0) is 10.8. The van der Waals surface area contributed by atoms with Gasteiger partial charge in [-0.2, -0.15) is 0 Å². The molecule has 84 valence electrons. The Hall–Kier alpha value is -0.830. The third-order valence-electron chi connectivity index (χ3n) is 3.30. The molecule has 15 heavy (non-hydrogen) atoms. The number of piperidine rings is 1. The molecule has 1 aliphatic heterocycles. The van der Waals surface area contributed by atoms with E-state index in [1.807, 2.05) is 13.8 Å². The molecule has 3 nitrogen and oxygen atoms in total. The van der Waals surface area contributed by atoms with Crippen LogP contribution in [0.1, 0.15) is 36.8 Å². The fraction of sp³-hybridized carbons (Fsp3) is 0.750. The van der Waals surface area contributed by atoms with Gasteiger partial charge in [-0.05, 0) is 39.2 Å². The number of aryl methyl sites for hydroxylation is 2. The predicted molar refractivity (Wildman–Crippen MR) is 59.7 cm³/mol. The van der Waals surface area contributed by atoms with Crippen LogP contribution in [-0.4, -0.2) is 23.1 Å². The largest absolute Gasteiger partial charge is 0.361 e. The van der Waals surface area contributed by atoms with Crippen LogP contribution in [0.25, 0.3) is 0 Å². The van der Waals surface area contributed by atoms with E-state index in [9.17, 15) is 0 Å². The quantitative estimate of drug-likeness (QED) is 0.748. The van der Waals surface area contributed by atoms with E-state index in [2.05, 4.69) is 17.0 Å². The summed E-state index contributed by atoms with van der Waals surface area (Å²) in [4.78, 5) is 2.51. The van der Waals surface area contributed by atoms with Gasteiger partial charge in [0.05, 0.1) is 5.69 Å². The van der Waals surface area contributed by atoms with E-state index < -0.39 is 0 Å². The highest BCUT2D eigenvalue weighted by Crippen LogP contribution is 2.20. The van der Waals surface area contributed by atoms with Gasteiger partial charge in [0.15, 0.2) is 0 Å². The molecule has 1 aromatic rings. The Kier molecular flexibility index (Phi) is 3.10. The Balaban J connectivity index is 2.02. The van der Waals surface area contributed by atoms with Crippen molar-refractivity contribution in [1.82, 2.24) is 10.1 Å². The van der Waals surface area contributed by atoms with Crippen LogP contribution in [0.3, 0.4) is 0 Å². The molecule has 0 saturated carbocycles. The number of rotatable bonds is 2. The molecule has 1 unspecified atom stereocenters. The van der Waals surface area contributed by atoms with Crippen LogP contribution in [0.2, 0.25) is 0 Å². The van der Waals surface area contributed by atoms with Gasteiger partial charge in [-0.3, -0.25) is 4.90 Å². The van der Waals surface area contributed by atoms with Crippen LogP contribution in [0.5, 0.6) is 0 Å². The van der Waals surface area contributed by atoms with Crippen molar-refractivity contribution in [2.75, 3.05) is 13.1 Å². The van der Waals surface area contributed by atoms with Crippen molar-refractivity contribution in [3.8, 4) is 0 Å². The lowest BCUT2D eigenvalue weighted by Gasteiger charge is -2.30. The molecule has 1 atom stereocenters. The van der Waals surface area contributed by atoms with Crippen molar-refractivity contribution in [3.63, 3.8) is 0 Å². The van der Waals surface area contributed by atoms with E-state index in [0.29, 0.717) is 0 Å². The standard InChI is InChI=1S/C12H20N2O/c1-9-5-4-6-14(7-9)8-12-10(2)13-15-11(12)3/h9H,4-8H2,1-3H3.